The molecule has 0 aromatic heterocycles. The van der Waals surface area contributed by atoms with E-state index in [9.17, 15) is 9.18 Å². The lowest BCUT2D eigenvalue weighted by Gasteiger charge is -2.05. The Hall–Kier alpha value is -1.62. The third-order valence-corrected chi connectivity index (χ3v) is 1.78. The molecule has 0 spiro atoms. The van der Waals surface area contributed by atoms with E-state index in [1.807, 2.05) is 0 Å². The Balaban J connectivity index is 2.63. The number of carbonyl (C=O) groups excluding carboxylic acids is 1. The molecular weight excluding hydrogens is 201 g/mol. The highest BCUT2D eigenvalue weighted by Crippen LogP contribution is 2.17. The van der Waals surface area contributed by atoms with Crippen molar-refractivity contribution in [2.45, 2.75) is 6.61 Å². The van der Waals surface area contributed by atoms with Crippen molar-refractivity contribution < 1.29 is 18.7 Å². The van der Waals surface area contributed by atoms with Crippen molar-refractivity contribution in [2.24, 2.45) is 5.73 Å². The maximum atomic E-state index is 13.2. The van der Waals surface area contributed by atoms with Crippen LogP contribution in [0.1, 0.15) is 5.56 Å². The average Bonchev–Trinajstić information content (AvgIpc) is 2.26. The first-order valence-electron chi connectivity index (χ1n) is 4.35. The molecule has 5 heteroatoms. The Morgan fingerprint density at radius 1 is 1.53 bits per heavy atom. The SMILES string of the molecule is COc1ccc(COC(=O)CN)cc1F. The number of rotatable bonds is 4. The fourth-order valence-electron chi connectivity index (χ4n) is 1.02. The molecule has 0 atom stereocenters. The van der Waals surface area contributed by atoms with Crippen LogP contribution in [0.4, 0.5) is 4.39 Å². The van der Waals surface area contributed by atoms with E-state index in [0.29, 0.717) is 5.56 Å². The number of methoxy groups -OCH3 is 1. The number of benzene rings is 1. The molecule has 15 heavy (non-hydrogen) atoms. The summed E-state index contributed by atoms with van der Waals surface area (Å²) in [5.41, 5.74) is 5.59. The van der Waals surface area contributed by atoms with Crippen LogP contribution >= 0.6 is 0 Å². The standard InChI is InChI=1S/C10H12FNO3/c1-14-9-3-2-7(4-8(9)11)6-15-10(13)5-12/h2-4H,5-6,12H2,1H3. The van der Waals surface area contributed by atoms with Gasteiger partial charge in [-0.2, -0.15) is 0 Å². The van der Waals surface area contributed by atoms with Crippen LogP contribution in [-0.2, 0) is 16.1 Å². The van der Waals surface area contributed by atoms with E-state index >= 15 is 0 Å². The van der Waals surface area contributed by atoms with Crippen molar-refractivity contribution >= 4 is 5.97 Å². The molecule has 0 aliphatic rings. The van der Waals surface area contributed by atoms with Gasteiger partial charge in [-0.05, 0) is 17.7 Å². The molecule has 0 saturated heterocycles. The fraction of sp³-hybridized carbons (Fsp3) is 0.300. The smallest absolute Gasteiger partial charge is 0.320 e. The molecule has 0 aliphatic heterocycles. The van der Waals surface area contributed by atoms with Gasteiger partial charge in [0.1, 0.15) is 6.61 Å². The number of carbonyl (C=O) groups is 1. The molecule has 82 valence electrons. The second-order valence-corrected chi connectivity index (χ2v) is 2.83. The molecule has 0 bridgehead atoms. The minimum absolute atomic E-state index is 0.0109. The van der Waals surface area contributed by atoms with E-state index < -0.39 is 11.8 Å². The van der Waals surface area contributed by atoms with Gasteiger partial charge in [0.05, 0.1) is 13.7 Å². The molecule has 1 rings (SSSR count). The summed E-state index contributed by atoms with van der Waals surface area (Å²) >= 11 is 0. The van der Waals surface area contributed by atoms with Gasteiger partial charge in [0, 0.05) is 0 Å². The molecule has 0 aliphatic carbocycles. The normalized spacial score (nSPS) is 9.80. The largest absolute Gasteiger partial charge is 0.494 e. The number of ether oxygens (including phenoxy) is 2. The molecule has 0 unspecified atom stereocenters. The third kappa shape index (κ3) is 3.21. The zero-order valence-corrected chi connectivity index (χ0v) is 8.33. The highest BCUT2D eigenvalue weighted by molar-refractivity contribution is 5.71. The summed E-state index contributed by atoms with van der Waals surface area (Å²) in [4.78, 5) is 10.7. The van der Waals surface area contributed by atoms with Gasteiger partial charge in [-0.1, -0.05) is 6.07 Å². The fourth-order valence-corrected chi connectivity index (χ4v) is 1.02. The second-order valence-electron chi connectivity index (χ2n) is 2.83. The average molecular weight is 213 g/mol. The number of hydrogen-bond acceptors (Lipinski definition) is 4. The van der Waals surface area contributed by atoms with Gasteiger partial charge in [-0.3, -0.25) is 4.79 Å². The van der Waals surface area contributed by atoms with Crippen molar-refractivity contribution in [3.05, 3.63) is 29.6 Å². The summed E-state index contributed by atoms with van der Waals surface area (Å²) in [5.74, 6) is -0.853. The van der Waals surface area contributed by atoms with Crippen LogP contribution in [0.15, 0.2) is 18.2 Å². The molecule has 0 heterocycles. The van der Waals surface area contributed by atoms with Crippen LogP contribution in [0.5, 0.6) is 5.75 Å². The van der Waals surface area contributed by atoms with Crippen LogP contribution < -0.4 is 10.5 Å². The number of hydrogen-bond donors (Lipinski definition) is 1. The van der Waals surface area contributed by atoms with Gasteiger partial charge in [0.2, 0.25) is 0 Å². The minimum Gasteiger partial charge on any atom is -0.494 e. The Labute approximate surface area is 86.8 Å². The highest BCUT2D eigenvalue weighted by Gasteiger charge is 2.05. The van der Waals surface area contributed by atoms with E-state index in [2.05, 4.69) is 0 Å². The van der Waals surface area contributed by atoms with Crippen molar-refractivity contribution in [3.8, 4) is 5.75 Å². The maximum absolute atomic E-state index is 13.2. The Kier molecular flexibility index (Phi) is 4.05. The summed E-state index contributed by atoms with van der Waals surface area (Å²) in [6.45, 7) is -0.171. The van der Waals surface area contributed by atoms with Crippen LogP contribution in [0, 0.1) is 5.82 Å². The van der Waals surface area contributed by atoms with Crippen molar-refractivity contribution in [3.63, 3.8) is 0 Å². The molecule has 0 radical (unpaired) electrons. The van der Waals surface area contributed by atoms with Crippen LogP contribution in [0.25, 0.3) is 0 Å². The van der Waals surface area contributed by atoms with Crippen LogP contribution in [0.3, 0.4) is 0 Å². The summed E-state index contributed by atoms with van der Waals surface area (Å²) in [6.07, 6.45) is 0. The number of halogens is 1. The second kappa shape index (κ2) is 5.31. The minimum atomic E-state index is -0.522. The van der Waals surface area contributed by atoms with Crippen LogP contribution in [0.2, 0.25) is 0 Å². The van der Waals surface area contributed by atoms with E-state index in [4.69, 9.17) is 15.2 Å². The molecule has 4 nitrogen and oxygen atoms in total. The number of nitrogens with two attached hydrogens (primary N) is 1. The Bertz CT molecular complexity index is 355. The van der Waals surface area contributed by atoms with Gasteiger partial charge < -0.3 is 15.2 Å². The van der Waals surface area contributed by atoms with Crippen molar-refractivity contribution in [1.29, 1.82) is 0 Å². The highest BCUT2D eigenvalue weighted by atomic mass is 19.1. The van der Waals surface area contributed by atoms with Gasteiger partial charge >= 0.3 is 5.97 Å². The quantitative estimate of drug-likeness (QED) is 0.753. The molecular formula is C10H12FNO3. The topological polar surface area (TPSA) is 61.5 Å². The molecule has 1 aromatic carbocycles. The lowest BCUT2D eigenvalue weighted by molar-refractivity contribution is -0.143. The molecule has 0 amide bonds. The predicted molar refractivity (Wildman–Crippen MR) is 51.8 cm³/mol. The first-order valence-corrected chi connectivity index (χ1v) is 4.35. The van der Waals surface area contributed by atoms with Crippen molar-refractivity contribution in [1.82, 2.24) is 0 Å². The van der Waals surface area contributed by atoms with E-state index in [1.165, 1.54) is 19.2 Å². The molecule has 2 N–H and O–H groups in total. The summed E-state index contributed by atoms with van der Waals surface area (Å²) in [6, 6.07) is 4.34. The van der Waals surface area contributed by atoms with Gasteiger partial charge in [-0.15, -0.1) is 0 Å². The first kappa shape index (κ1) is 11.5. The lowest BCUT2D eigenvalue weighted by Crippen LogP contribution is -2.16. The maximum Gasteiger partial charge on any atom is 0.320 e. The Morgan fingerprint density at radius 2 is 2.27 bits per heavy atom. The lowest BCUT2D eigenvalue weighted by atomic mass is 10.2. The van der Waals surface area contributed by atoms with Gasteiger partial charge in [-0.25, -0.2) is 4.39 Å². The summed E-state index contributed by atoms with van der Waals surface area (Å²) in [7, 11) is 1.38. The molecule has 1 aromatic rings. The van der Waals surface area contributed by atoms with Crippen LogP contribution in [-0.4, -0.2) is 19.6 Å². The predicted octanol–water partition coefficient (Wildman–Crippen LogP) is 0.836. The summed E-state index contributed by atoms with van der Waals surface area (Å²) in [5, 5.41) is 0. The van der Waals surface area contributed by atoms with E-state index in [0.717, 1.165) is 0 Å². The Morgan fingerprint density at radius 3 is 2.80 bits per heavy atom. The van der Waals surface area contributed by atoms with E-state index in [-0.39, 0.29) is 18.9 Å². The monoisotopic (exact) mass is 213 g/mol. The zero-order chi connectivity index (χ0) is 11.3. The number of esters is 1. The summed E-state index contributed by atoms with van der Waals surface area (Å²) < 4.78 is 22.6. The third-order valence-electron chi connectivity index (χ3n) is 1.78. The first-order chi connectivity index (χ1) is 7.17. The zero-order valence-electron chi connectivity index (χ0n) is 8.33. The van der Waals surface area contributed by atoms with Gasteiger partial charge in [0.25, 0.3) is 0 Å². The van der Waals surface area contributed by atoms with Gasteiger partial charge in [0.15, 0.2) is 11.6 Å². The molecule has 0 saturated carbocycles. The molecule has 0 fully saturated rings. The van der Waals surface area contributed by atoms with Crippen molar-refractivity contribution in [2.75, 3.05) is 13.7 Å². The van der Waals surface area contributed by atoms with E-state index in [1.54, 1.807) is 6.07 Å².